The summed E-state index contributed by atoms with van der Waals surface area (Å²) in [5.41, 5.74) is 9.91. The minimum absolute atomic E-state index is 0.213. The molecule has 0 fully saturated rings. The molecule has 5 nitrogen and oxygen atoms in total. The van der Waals surface area contributed by atoms with Gasteiger partial charge in [-0.25, -0.2) is 0 Å². The molecule has 0 radical (unpaired) electrons. The van der Waals surface area contributed by atoms with Gasteiger partial charge in [0.2, 0.25) is 0 Å². The van der Waals surface area contributed by atoms with E-state index in [2.05, 4.69) is 30.9 Å². The van der Waals surface area contributed by atoms with Gasteiger partial charge >= 0.3 is 7.60 Å². The van der Waals surface area contributed by atoms with Crippen molar-refractivity contribution in [2.24, 2.45) is 11.7 Å². The molecule has 0 aromatic heterocycles. The molecule has 0 unspecified atom stereocenters. The number of nitrogens with two attached hydrogens (primary N) is 1. The lowest BCUT2D eigenvalue weighted by atomic mass is 10.1. The van der Waals surface area contributed by atoms with Gasteiger partial charge in [-0.1, -0.05) is 62.4 Å². The Morgan fingerprint density at radius 2 is 1.54 bits per heavy atom. The second kappa shape index (κ2) is 9.45. The maximum Gasteiger partial charge on any atom is 0.329 e. The first kappa shape index (κ1) is 20.8. The summed E-state index contributed by atoms with van der Waals surface area (Å²) in [6.45, 7) is 7.55. The first-order chi connectivity index (χ1) is 12.2. The highest BCUT2D eigenvalue weighted by Crippen LogP contribution is 2.38. The van der Waals surface area contributed by atoms with Crippen molar-refractivity contribution in [2.45, 2.75) is 39.6 Å². The number of nitrogens with zero attached hydrogens (tertiary/aromatic N) is 1. The van der Waals surface area contributed by atoms with Crippen molar-refractivity contribution < 1.29 is 14.4 Å². The van der Waals surface area contributed by atoms with Crippen LogP contribution in [0.25, 0.3) is 0 Å². The van der Waals surface area contributed by atoms with E-state index in [0.29, 0.717) is 18.0 Å². The van der Waals surface area contributed by atoms with Crippen LogP contribution in [-0.4, -0.2) is 21.2 Å². The van der Waals surface area contributed by atoms with Crippen LogP contribution in [0.5, 0.6) is 0 Å². The number of benzene rings is 2. The standard InChI is InChI=1S/C20H29N2O3P/c1-16(2)12-22(14-20-5-3-4-19(10-20)11-21)13-17-6-8-18(9-7-17)15-26(23,24)25/h3-10,16H,11-15,21H2,1-2H3,(H2,23,24,25). The van der Waals surface area contributed by atoms with Crippen LogP contribution in [0, 0.1) is 5.92 Å². The predicted octanol–water partition coefficient (Wildman–Crippen LogP) is 3.48. The lowest BCUT2D eigenvalue weighted by molar-refractivity contribution is 0.227. The Labute approximate surface area is 156 Å². The molecule has 0 bridgehead atoms. The normalized spacial score (nSPS) is 12.1. The van der Waals surface area contributed by atoms with Crippen molar-refractivity contribution >= 4 is 7.60 Å². The zero-order chi connectivity index (χ0) is 19.2. The first-order valence-electron chi connectivity index (χ1n) is 8.88. The summed E-state index contributed by atoms with van der Waals surface area (Å²) < 4.78 is 11.1. The highest BCUT2D eigenvalue weighted by atomic mass is 31.2. The van der Waals surface area contributed by atoms with Gasteiger partial charge in [-0.3, -0.25) is 9.46 Å². The Hall–Kier alpha value is -1.49. The quantitative estimate of drug-likeness (QED) is 0.583. The Kier molecular flexibility index (Phi) is 7.56. The largest absolute Gasteiger partial charge is 0.329 e. The molecule has 0 atom stereocenters. The van der Waals surface area contributed by atoms with Gasteiger partial charge in [0.15, 0.2) is 0 Å². The van der Waals surface area contributed by atoms with Crippen molar-refractivity contribution in [3.8, 4) is 0 Å². The third kappa shape index (κ3) is 7.40. The van der Waals surface area contributed by atoms with E-state index in [1.165, 1.54) is 5.56 Å². The lowest BCUT2D eigenvalue weighted by Gasteiger charge is -2.25. The number of hydrogen-bond donors (Lipinski definition) is 3. The van der Waals surface area contributed by atoms with Crippen molar-refractivity contribution in [3.05, 3.63) is 70.8 Å². The zero-order valence-corrected chi connectivity index (χ0v) is 16.4. The SMILES string of the molecule is CC(C)CN(Cc1ccc(CP(=O)(O)O)cc1)Cc1cccc(CN)c1. The highest BCUT2D eigenvalue weighted by Gasteiger charge is 2.14. The second-order valence-corrected chi connectivity index (χ2v) is 8.87. The Bertz CT molecular complexity index is 741. The van der Waals surface area contributed by atoms with E-state index in [4.69, 9.17) is 15.5 Å². The van der Waals surface area contributed by atoms with Crippen LogP contribution in [0.1, 0.15) is 36.1 Å². The van der Waals surface area contributed by atoms with E-state index < -0.39 is 7.60 Å². The topological polar surface area (TPSA) is 86.8 Å². The van der Waals surface area contributed by atoms with E-state index in [0.717, 1.165) is 30.8 Å². The van der Waals surface area contributed by atoms with Crippen LogP contribution in [0.4, 0.5) is 0 Å². The van der Waals surface area contributed by atoms with E-state index in [9.17, 15) is 4.57 Å². The molecule has 0 amide bonds. The van der Waals surface area contributed by atoms with Crippen LogP contribution < -0.4 is 5.73 Å². The molecular weight excluding hydrogens is 347 g/mol. The smallest absolute Gasteiger partial charge is 0.326 e. The van der Waals surface area contributed by atoms with Crippen molar-refractivity contribution in [2.75, 3.05) is 6.54 Å². The van der Waals surface area contributed by atoms with E-state index >= 15 is 0 Å². The molecule has 2 aromatic rings. The summed E-state index contributed by atoms with van der Waals surface area (Å²) in [5.74, 6) is 0.543. The van der Waals surface area contributed by atoms with Crippen LogP contribution in [0.2, 0.25) is 0 Å². The van der Waals surface area contributed by atoms with Crippen molar-refractivity contribution in [1.82, 2.24) is 4.90 Å². The molecule has 0 heterocycles. The number of hydrogen-bond acceptors (Lipinski definition) is 3. The molecule has 2 aromatic carbocycles. The fourth-order valence-electron chi connectivity index (χ4n) is 3.06. The Balaban J connectivity index is 2.08. The molecule has 4 N–H and O–H groups in total. The molecule has 0 spiro atoms. The lowest BCUT2D eigenvalue weighted by Crippen LogP contribution is -2.27. The molecule has 2 rings (SSSR count). The van der Waals surface area contributed by atoms with Gasteiger partial charge in [0, 0.05) is 26.2 Å². The molecule has 0 saturated heterocycles. The van der Waals surface area contributed by atoms with Crippen LogP contribution >= 0.6 is 7.60 Å². The summed E-state index contributed by atoms with van der Waals surface area (Å²) in [6, 6.07) is 15.9. The third-order valence-corrected chi connectivity index (χ3v) is 4.85. The fourth-order valence-corrected chi connectivity index (χ4v) is 3.75. The minimum Gasteiger partial charge on any atom is -0.326 e. The van der Waals surface area contributed by atoms with Gasteiger partial charge in [-0.05, 0) is 28.2 Å². The van der Waals surface area contributed by atoms with Crippen molar-refractivity contribution in [1.29, 1.82) is 0 Å². The summed E-state index contributed by atoms with van der Waals surface area (Å²) in [6.07, 6.45) is -0.213. The molecule has 6 heteroatoms. The van der Waals surface area contributed by atoms with Gasteiger partial charge in [-0.15, -0.1) is 0 Å². The van der Waals surface area contributed by atoms with Gasteiger partial charge in [-0.2, -0.15) is 0 Å². The average molecular weight is 376 g/mol. The van der Waals surface area contributed by atoms with Gasteiger partial charge in [0.1, 0.15) is 0 Å². The summed E-state index contributed by atoms with van der Waals surface area (Å²) in [7, 11) is -4.02. The van der Waals surface area contributed by atoms with E-state index in [1.807, 2.05) is 24.3 Å². The monoisotopic (exact) mass is 376 g/mol. The molecule has 0 aliphatic carbocycles. The van der Waals surface area contributed by atoms with E-state index in [1.54, 1.807) is 12.1 Å². The molecule has 0 saturated carbocycles. The van der Waals surface area contributed by atoms with Crippen LogP contribution in [0.15, 0.2) is 48.5 Å². The van der Waals surface area contributed by atoms with Gasteiger partial charge < -0.3 is 15.5 Å². The summed E-state index contributed by atoms with van der Waals surface area (Å²) in [4.78, 5) is 20.6. The maximum atomic E-state index is 11.1. The van der Waals surface area contributed by atoms with Crippen molar-refractivity contribution in [3.63, 3.8) is 0 Å². The third-order valence-electron chi connectivity index (χ3n) is 4.07. The Morgan fingerprint density at radius 3 is 2.12 bits per heavy atom. The van der Waals surface area contributed by atoms with Crippen LogP contribution in [0.3, 0.4) is 0 Å². The summed E-state index contributed by atoms with van der Waals surface area (Å²) in [5, 5.41) is 0. The predicted molar refractivity (Wildman–Crippen MR) is 105 cm³/mol. The van der Waals surface area contributed by atoms with E-state index in [-0.39, 0.29) is 6.16 Å². The molecule has 26 heavy (non-hydrogen) atoms. The molecular formula is C20H29N2O3P. The number of rotatable bonds is 9. The highest BCUT2D eigenvalue weighted by molar-refractivity contribution is 7.50. The summed E-state index contributed by atoms with van der Waals surface area (Å²) >= 11 is 0. The van der Waals surface area contributed by atoms with Crippen LogP contribution in [-0.2, 0) is 30.4 Å². The fraction of sp³-hybridized carbons (Fsp3) is 0.400. The Morgan fingerprint density at radius 1 is 0.962 bits per heavy atom. The molecule has 0 aliphatic heterocycles. The van der Waals surface area contributed by atoms with Gasteiger partial charge in [0.25, 0.3) is 0 Å². The first-order valence-corrected chi connectivity index (χ1v) is 10.7. The minimum atomic E-state index is -4.02. The zero-order valence-electron chi connectivity index (χ0n) is 15.5. The maximum absolute atomic E-state index is 11.1. The molecule has 142 valence electrons. The second-order valence-electron chi connectivity index (χ2n) is 7.23. The van der Waals surface area contributed by atoms with Gasteiger partial charge in [0.05, 0.1) is 6.16 Å². The average Bonchev–Trinajstić information content (AvgIpc) is 2.55. The molecule has 0 aliphatic rings.